The van der Waals surface area contributed by atoms with E-state index in [0.29, 0.717) is 4.88 Å². The number of thiophene rings is 1. The molecule has 2 N–H and O–H groups in total. The van der Waals surface area contributed by atoms with E-state index >= 15 is 0 Å². The molecule has 0 bridgehead atoms. The molecule has 1 amide bonds. The fraction of sp³-hybridized carbons (Fsp3) is 0.625. The minimum atomic E-state index is -0.962. The molecule has 0 spiro atoms. The van der Waals surface area contributed by atoms with Gasteiger partial charge in [-0.15, -0.1) is 11.3 Å². The van der Waals surface area contributed by atoms with Crippen LogP contribution < -0.4 is 5.32 Å². The summed E-state index contributed by atoms with van der Waals surface area (Å²) in [4.78, 5) is 25.6. The first-order chi connectivity index (χ1) is 10.0. The van der Waals surface area contributed by atoms with Crippen molar-refractivity contribution in [2.75, 3.05) is 0 Å². The molecule has 1 heterocycles. The summed E-state index contributed by atoms with van der Waals surface area (Å²) in [6, 6.07) is 1.14. The molecule has 0 aromatic carbocycles. The van der Waals surface area contributed by atoms with Crippen molar-refractivity contribution in [3.63, 3.8) is 0 Å². The van der Waals surface area contributed by atoms with Crippen molar-refractivity contribution in [3.8, 4) is 0 Å². The van der Waals surface area contributed by atoms with E-state index in [4.69, 9.17) is 0 Å². The van der Waals surface area contributed by atoms with E-state index in [0.717, 1.165) is 19.3 Å². The number of carbonyl (C=O) groups is 2. The summed E-state index contributed by atoms with van der Waals surface area (Å²) in [7, 11) is 0. The van der Waals surface area contributed by atoms with Crippen LogP contribution >= 0.6 is 11.3 Å². The predicted molar refractivity (Wildman–Crippen MR) is 83.9 cm³/mol. The number of carbonyl (C=O) groups excluding carboxylic acids is 1. The highest BCUT2D eigenvalue weighted by molar-refractivity contribution is 7.14. The van der Waals surface area contributed by atoms with Crippen LogP contribution in [0.3, 0.4) is 0 Å². The highest BCUT2D eigenvalue weighted by Crippen LogP contribution is 2.29. The van der Waals surface area contributed by atoms with Crippen LogP contribution in [0.15, 0.2) is 6.07 Å². The summed E-state index contributed by atoms with van der Waals surface area (Å²) < 4.78 is 0. The van der Waals surface area contributed by atoms with Crippen LogP contribution in [-0.4, -0.2) is 23.0 Å². The molecule has 4 nitrogen and oxygen atoms in total. The third kappa shape index (κ3) is 3.84. The summed E-state index contributed by atoms with van der Waals surface area (Å²) >= 11 is 1.52. The van der Waals surface area contributed by atoms with Gasteiger partial charge in [-0.1, -0.05) is 26.7 Å². The minimum absolute atomic E-state index is 0.0794. The SMILES string of the molecule is CCC(C)C(NC(=O)c1cc2c(s1)CCCCC2)C(=O)O. The highest BCUT2D eigenvalue weighted by atomic mass is 32.1. The summed E-state index contributed by atoms with van der Waals surface area (Å²) in [6.45, 7) is 3.78. The van der Waals surface area contributed by atoms with Crippen molar-refractivity contribution in [1.82, 2.24) is 5.32 Å². The van der Waals surface area contributed by atoms with Gasteiger partial charge in [-0.2, -0.15) is 0 Å². The van der Waals surface area contributed by atoms with Crippen LogP contribution in [0, 0.1) is 5.92 Å². The van der Waals surface area contributed by atoms with E-state index in [1.54, 1.807) is 0 Å². The fourth-order valence-electron chi connectivity index (χ4n) is 2.67. The number of hydrogen-bond donors (Lipinski definition) is 2. The Morgan fingerprint density at radius 2 is 2.05 bits per heavy atom. The van der Waals surface area contributed by atoms with Crippen LogP contribution in [0.4, 0.5) is 0 Å². The average molecular weight is 309 g/mol. The van der Waals surface area contributed by atoms with Crippen LogP contribution in [-0.2, 0) is 17.6 Å². The Kier molecular flexibility index (Phi) is 5.39. The molecule has 2 atom stereocenters. The Balaban J connectivity index is 2.11. The second-order valence-corrected chi connectivity index (χ2v) is 6.93. The van der Waals surface area contributed by atoms with Gasteiger partial charge in [0.25, 0.3) is 5.91 Å². The molecule has 0 aliphatic heterocycles. The molecular weight excluding hydrogens is 286 g/mol. The van der Waals surface area contributed by atoms with Gasteiger partial charge in [0, 0.05) is 4.88 Å². The minimum Gasteiger partial charge on any atom is -0.480 e. The first-order valence-electron chi connectivity index (χ1n) is 7.68. The molecule has 0 saturated heterocycles. The number of nitrogens with one attached hydrogen (secondary N) is 1. The van der Waals surface area contributed by atoms with Gasteiger partial charge in [0.05, 0.1) is 4.88 Å². The molecule has 0 saturated carbocycles. The number of fused-ring (bicyclic) bond motifs is 1. The summed E-state index contributed by atoms with van der Waals surface area (Å²) in [5.74, 6) is -1.29. The molecule has 1 aromatic rings. The number of hydrogen-bond acceptors (Lipinski definition) is 3. The van der Waals surface area contributed by atoms with Gasteiger partial charge in [-0.25, -0.2) is 4.79 Å². The Morgan fingerprint density at radius 3 is 2.71 bits per heavy atom. The monoisotopic (exact) mass is 309 g/mol. The van der Waals surface area contributed by atoms with Crippen molar-refractivity contribution in [3.05, 3.63) is 21.4 Å². The smallest absolute Gasteiger partial charge is 0.326 e. The van der Waals surface area contributed by atoms with E-state index in [-0.39, 0.29) is 11.8 Å². The first-order valence-corrected chi connectivity index (χ1v) is 8.49. The molecule has 1 aliphatic rings. The quantitative estimate of drug-likeness (QED) is 0.821. The molecule has 1 aromatic heterocycles. The lowest BCUT2D eigenvalue weighted by Crippen LogP contribution is -2.44. The summed E-state index contributed by atoms with van der Waals surface area (Å²) in [6.07, 6.45) is 6.40. The van der Waals surface area contributed by atoms with E-state index in [9.17, 15) is 14.7 Å². The lowest BCUT2D eigenvalue weighted by molar-refractivity contribution is -0.140. The van der Waals surface area contributed by atoms with E-state index in [1.807, 2.05) is 19.9 Å². The molecular formula is C16H23NO3S. The third-order valence-electron chi connectivity index (χ3n) is 4.24. The molecule has 5 heteroatoms. The third-order valence-corrected chi connectivity index (χ3v) is 5.47. The number of carboxylic acid groups (broad SMARTS) is 1. The topological polar surface area (TPSA) is 66.4 Å². The maximum absolute atomic E-state index is 12.3. The molecule has 1 aliphatic carbocycles. The van der Waals surface area contributed by atoms with E-state index < -0.39 is 12.0 Å². The zero-order valence-corrected chi connectivity index (χ0v) is 13.5. The van der Waals surface area contributed by atoms with Crippen LogP contribution in [0.25, 0.3) is 0 Å². The Labute approximate surface area is 129 Å². The Morgan fingerprint density at radius 1 is 1.33 bits per heavy atom. The summed E-state index contributed by atoms with van der Waals surface area (Å²) in [5, 5.41) is 11.9. The average Bonchev–Trinajstić information content (AvgIpc) is 2.74. The van der Waals surface area contributed by atoms with E-state index in [2.05, 4.69) is 5.32 Å². The molecule has 0 fully saturated rings. The number of carboxylic acids is 1. The second-order valence-electron chi connectivity index (χ2n) is 5.79. The van der Waals surface area contributed by atoms with Gasteiger partial charge in [0.1, 0.15) is 6.04 Å². The second kappa shape index (κ2) is 7.07. The Bertz CT molecular complexity index is 500. The van der Waals surface area contributed by atoms with Gasteiger partial charge in [-0.05, 0) is 43.2 Å². The normalized spacial score (nSPS) is 17.4. The number of amides is 1. The van der Waals surface area contributed by atoms with Crippen molar-refractivity contribution in [2.24, 2.45) is 5.92 Å². The standard InChI is InChI=1S/C16H23NO3S/c1-3-10(2)14(16(19)20)17-15(18)13-9-11-7-5-4-6-8-12(11)21-13/h9-10,14H,3-8H2,1-2H3,(H,17,18)(H,19,20). The largest absolute Gasteiger partial charge is 0.480 e. The summed E-state index contributed by atoms with van der Waals surface area (Å²) in [5.41, 5.74) is 1.28. The predicted octanol–water partition coefficient (Wildman–Crippen LogP) is 3.25. The Hall–Kier alpha value is -1.36. The lowest BCUT2D eigenvalue weighted by Gasteiger charge is -2.19. The van der Waals surface area contributed by atoms with Crippen LogP contribution in [0.2, 0.25) is 0 Å². The lowest BCUT2D eigenvalue weighted by atomic mass is 9.99. The zero-order chi connectivity index (χ0) is 15.4. The maximum Gasteiger partial charge on any atom is 0.326 e. The van der Waals surface area contributed by atoms with Crippen LogP contribution in [0.1, 0.15) is 59.6 Å². The van der Waals surface area contributed by atoms with Crippen molar-refractivity contribution >= 4 is 23.2 Å². The van der Waals surface area contributed by atoms with Crippen molar-refractivity contribution in [2.45, 2.75) is 58.4 Å². The highest BCUT2D eigenvalue weighted by Gasteiger charge is 2.27. The van der Waals surface area contributed by atoms with Gasteiger partial charge in [0.15, 0.2) is 0 Å². The number of rotatable bonds is 5. The van der Waals surface area contributed by atoms with E-state index in [1.165, 1.54) is 41.0 Å². The molecule has 2 rings (SSSR count). The zero-order valence-electron chi connectivity index (χ0n) is 12.6. The van der Waals surface area contributed by atoms with Crippen molar-refractivity contribution in [1.29, 1.82) is 0 Å². The molecule has 21 heavy (non-hydrogen) atoms. The molecule has 116 valence electrons. The number of aryl methyl sites for hydroxylation is 2. The first kappa shape index (κ1) is 16.0. The van der Waals surface area contributed by atoms with Crippen molar-refractivity contribution < 1.29 is 14.7 Å². The molecule has 0 radical (unpaired) electrons. The maximum atomic E-state index is 12.3. The van der Waals surface area contributed by atoms with Gasteiger partial charge in [0.2, 0.25) is 0 Å². The van der Waals surface area contributed by atoms with Gasteiger partial charge in [-0.3, -0.25) is 4.79 Å². The van der Waals surface area contributed by atoms with Gasteiger partial charge < -0.3 is 10.4 Å². The molecule has 2 unspecified atom stereocenters. The fourth-order valence-corrected chi connectivity index (χ4v) is 3.83. The van der Waals surface area contributed by atoms with Gasteiger partial charge >= 0.3 is 5.97 Å². The number of aliphatic carboxylic acids is 1. The van der Waals surface area contributed by atoms with Crippen LogP contribution in [0.5, 0.6) is 0 Å².